The number of benzene rings is 1. The van der Waals surface area contributed by atoms with Crippen molar-refractivity contribution in [3.63, 3.8) is 0 Å². The summed E-state index contributed by atoms with van der Waals surface area (Å²) in [6.45, 7) is 5.74. The second kappa shape index (κ2) is 8.54. The summed E-state index contributed by atoms with van der Waals surface area (Å²) in [4.78, 5) is 12.8. The van der Waals surface area contributed by atoms with Crippen LogP contribution < -0.4 is 15.8 Å². The number of carbonyl (C=O) groups excluding carboxylic acids is 1. The molecule has 6 nitrogen and oxygen atoms in total. The van der Waals surface area contributed by atoms with E-state index in [-0.39, 0.29) is 40.7 Å². The fourth-order valence-electron chi connectivity index (χ4n) is 4.66. The van der Waals surface area contributed by atoms with Crippen LogP contribution in [0.1, 0.15) is 52.9 Å². The predicted octanol–water partition coefficient (Wildman–Crippen LogP) is 3.52. The number of hydrogen-bond donors (Lipinski definition) is 2. The maximum Gasteiger partial charge on any atom is 0.225 e. The molecule has 0 unspecified atom stereocenters. The van der Waals surface area contributed by atoms with Gasteiger partial charge in [-0.15, -0.1) is 0 Å². The number of rotatable bonds is 8. The van der Waals surface area contributed by atoms with Crippen molar-refractivity contribution in [1.29, 1.82) is 0 Å². The van der Waals surface area contributed by atoms with Crippen LogP contribution in [0.5, 0.6) is 5.75 Å². The largest absolute Gasteiger partial charge is 0.489 e. The molecule has 0 atom stereocenters. The van der Waals surface area contributed by atoms with Crippen molar-refractivity contribution in [2.75, 3.05) is 18.9 Å². The van der Waals surface area contributed by atoms with Crippen LogP contribution in [0.15, 0.2) is 41.1 Å². The lowest BCUT2D eigenvalue weighted by molar-refractivity contribution is -0.130. The van der Waals surface area contributed by atoms with Crippen molar-refractivity contribution in [3.05, 3.63) is 36.2 Å². The lowest BCUT2D eigenvalue weighted by atomic mass is 9.85. The van der Waals surface area contributed by atoms with Crippen molar-refractivity contribution in [3.8, 4) is 5.75 Å². The zero-order valence-electron chi connectivity index (χ0n) is 18.5. The van der Waals surface area contributed by atoms with Gasteiger partial charge < -0.3 is 15.8 Å². The van der Waals surface area contributed by atoms with Crippen LogP contribution in [-0.2, 0) is 14.6 Å². The molecule has 2 aliphatic rings. The number of carbonyl (C=O) groups is 1. The van der Waals surface area contributed by atoms with Gasteiger partial charge in [-0.25, -0.2) is 12.8 Å². The van der Waals surface area contributed by atoms with Crippen LogP contribution >= 0.6 is 0 Å². The third-order valence-corrected chi connectivity index (χ3v) is 8.54. The summed E-state index contributed by atoms with van der Waals surface area (Å²) in [5.41, 5.74) is 4.69. The standard InChI is InChI=1S/C23H33FN2O4S/c1-21(2,3)20(27)26-23-10-8-22(15-23,9-11-23)16-31(28,29)19-6-4-18(5-7-19)30-14-17(12-24)13-25/h4-7,12H,8-11,13-16,25H2,1-3H3,(H,26,27). The van der Waals surface area contributed by atoms with Crippen LogP contribution in [0, 0.1) is 10.8 Å². The van der Waals surface area contributed by atoms with E-state index in [4.69, 9.17) is 10.5 Å². The van der Waals surface area contributed by atoms with E-state index in [9.17, 15) is 17.6 Å². The summed E-state index contributed by atoms with van der Waals surface area (Å²) in [5, 5.41) is 3.22. The molecule has 0 saturated heterocycles. The minimum atomic E-state index is -3.49. The topological polar surface area (TPSA) is 98.5 Å². The molecule has 1 aromatic carbocycles. The summed E-state index contributed by atoms with van der Waals surface area (Å²) in [6.07, 6.45) is 4.38. The van der Waals surface area contributed by atoms with Crippen molar-refractivity contribution < 1.29 is 22.3 Å². The van der Waals surface area contributed by atoms with E-state index in [1.54, 1.807) is 12.1 Å². The minimum absolute atomic E-state index is 0.0176. The van der Waals surface area contributed by atoms with Crippen molar-refractivity contribution in [2.24, 2.45) is 16.6 Å². The number of amides is 1. The normalized spacial score (nSPS) is 26.2. The van der Waals surface area contributed by atoms with Gasteiger partial charge in [0.25, 0.3) is 0 Å². The van der Waals surface area contributed by atoms with E-state index in [0.717, 1.165) is 25.7 Å². The highest BCUT2D eigenvalue weighted by atomic mass is 32.2. The molecule has 2 aliphatic carbocycles. The first-order chi connectivity index (χ1) is 14.4. The first-order valence-corrected chi connectivity index (χ1v) is 12.3. The molecule has 2 saturated carbocycles. The molecule has 0 aliphatic heterocycles. The lowest BCUT2D eigenvalue weighted by Gasteiger charge is -2.31. The van der Waals surface area contributed by atoms with Gasteiger partial charge in [-0.3, -0.25) is 4.79 Å². The highest BCUT2D eigenvalue weighted by Crippen LogP contribution is 2.57. The van der Waals surface area contributed by atoms with E-state index in [0.29, 0.717) is 24.1 Å². The van der Waals surface area contributed by atoms with Crippen LogP contribution in [-0.4, -0.2) is 38.8 Å². The zero-order valence-corrected chi connectivity index (χ0v) is 19.4. The molecule has 0 radical (unpaired) electrons. The Hall–Kier alpha value is -1.93. The number of fused-ring (bicyclic) bond motifs is 2. The molecular formula is C23H33FN2O4S. The lowest BCUT2D eigenvalue weighted by Crippen LogP contribution is -2.49. The van der Waals surface area contributed by atoms with Gasteiger partial charge in [-0.1, -0.05) is 20.8 Å². The van der Waals surface area contributed by atoms with Gasteiger partial charge in [0, 0.05) is 23.1 Å². The number of nitrogens with one attached hydrogen (secondary N) is 1. The third kappa shape index (κ3) is 5.29. The number of ether oxygens (including phenoxy) is 1. The Bertz CT molecular complexity index is 941. The molecule has 2 fully saturated rings. The third-order valence-electron chi connectivity index (χ3n) is 6.56. The Balaban J connectivity index is 1.66. The zero-order chi connectivity index (χ0) is 22.9. The minimum Gasteiger partial charge on any atom is -0.489 e. The van der Waals surface area contributed by atoms with Gasteiger partial charge in [0.1, 0.15) is 12.4 Å². The van der Waals surface area contributed by atoms with E-state index in [2.05, 4.69) is 5.32 Å². The van der Waals surface area contributed by atoms with Crippen LogP contribution in [0.3, 0.4) is 0 Å². The second-order valence-electron chi connectivity index (χ2n) is 10.2. The molecule has 0 spiro atoms. The van der Waals surface area contributed by atoms with Gasteiger partial charge in [-0.2, -0.15) is 0 Å². The van der Waals surface area contributed by atoms with Gasteiger partial charge >= 0.3 is 0 Å². The highest BCUT2D eigenvalue weighted by molar-refractivity contribution is 7.91. The first kappa shape index (κ1) is 23.7. The number of hydrogen-bond acceptors (Lipinski definition) is 5. The number of halogens is 1. The van der Waals surface area contributed by atoms with Gasteiger partial charge in [-0.05, 0) is 61.8 Å². The SMILES string of the molecule is CC(C)(C)C(=O)NC12CCC(CS(=O)(=O)c3ccc(OCC(=CF)CN)cc3)(CC1)C2. The molecule has 3 N–H and O–H groups in total. The second-order valence-corrected chi connectivity index (χ2v) is 12.1. The average Bonchev–Trinajstić information content (AvgIpc) is 3.22. The smallest absolute Gasteiger partial charge is 0.225 e. The van der Waals surface area contributed by atoms with Gasteiger partial charge in [0.15, 0.2) is 9.84 Å². The van der Waals surface area contributed by atoms with E-state index < -0.39 is 15.3 Å². The van der Waals surface area contributed by atoms with Crippen LogP contribution in [0.2, 0.25) is 0 Å². The van der Waals surface area contributed by atoms with E-state index in [1.807, 2.05) is 20.8 Å². The molecule has 8 heteroatoms. The molecular weight excluding hydrogens is 419 g/mol. The van der Waals surface area contributed by atoms with Gasteiger partial charge in [0.2, 0.25) is 5.91 Å². The summed E-state index contributed by atoms with van der Waals surface area (Å²) in [5.74, 6) is 0.550. The van der Waals surface area contributed by atoms with Crippen LogP contribution in [0.4, 0.5) is 4.39 Å². The predicted molar refractivity (Wildman–Crippen MR) is 118 cm³/mol. The molecule has 172 valence electrons. The van der Waals surface area contributed by atoms with Crippen molar-refractivity contribution in [2.45, 2.75) is 63.3 Å². The van der Waals surface area contributed by atoms with Crippen molar-refractivity contribution in [1.82, 2.24) is 5.32 Å². The van der Waals surface area contributed by atoms with Crippen LogP contribution in [0.25, 0.3) is 0 Å². The van der Waals surface area contributed by atoms with Crippen molar-refractivity contribution >= 4 is 15.7 Å². The summed E-state index contributed by atoms with van der Waals surface area (Å²) in [6, 6.07) is 6.21. The average molecular weight is 453 g/mol. The molecule has 2 bridgehead atoms. The number of nitrogens with two attached hydrogens (primary N) is 1. The maximum absolute atomic E-state index is 13.1. The molecule has 0 heterocycles. The molecule has 1 amide bonds. The molecule has 3 rings (SSSR count). The quantitative estimate of drug-likeness (QED) is 0.629. The Morgan fingerprint density at radius 3 is 2.32 bits per heavy atom. The summed E-state index contributed by atoms with van der Waals surface area (Å²) < 4.78 is 44.3. The Morgan fingerprint density at radius 2 is 1.81 bits per heavy atom. The van der Waals surface area contributed by atoms with Gasteiger partial charge in [0.05, 0.1) is 17.0 Å². The summed E-state index contributed by atoms with van der Waals surface area (Å²) >= 11 is 0. The summed E-state index contributed by atoms with van der Waals surface area (Å²) in [7, 11) is -3.49. The Morgan fingerprint density at radius 1 is 1.19 bits per heavy atom. The maximum atomic E-state index is 13.1. The fourth-order valence-corrected chi connectivity index (χ4v) is 6.58. The Labute approximate surface area is 184 Å². The Kier molecular flexibility index (Phi) is 6.54. The molecule has 31 heavy (non-hydrogen) atoms. The number of sulfone groups is 1. The molecule has 1 aromatic rings. The van der Waals surface area contributed by atoms with E-state index >= 15 is 0 Å². The fraction of sp³-hybridized carbons (Fsp3) is 0.609. The monoisotopic (exact) mass is 452 g/mol. The first-order valence-electron chi connectivity index (χ1n) is 10.7. The van der Waals surface area contributed by atoms with E-state index in [1.165, 1.54) is 12.1 Å². The molecule has 0 aromatic heterocycles. The highest BCUT2D eigenvalue weighted by Gasteiger charge is 2.56.